The number of amides is 2. The topological polar surface area (TPSA) is 71.3 Å². The molecule has 0 unspecified atom stereocenters. The van der Waals surface area contributed by atoms with Gasteiger partial charge in [-0.1, -0.05) is 28.9 Å². The number of benzene rings is 1. The molecule has 0 saturated carbocycles. The molecular weight excluding hydrogens is 292 g/mol. The zero-order valence-corrected chi connectivity index (χ0v) is 13.6. The van der Waals surface area contributed by atoms with Crippen molar-refractivity contribution < 1.29 is 9.32 Å². The Balaban J connectivity index is 1.65. The highest BCUT2D eigenvalue weighted by Crippen LogP contribution is 2.28. The van der Waals surface area contributed by atoms with Crippen LogP contribution < -0.4 is 5.32 Å². The maximum Gasteiger partial charge on any atom is 0.317 e. The van der Waals surface area contributed by atoms with E-state index in [1.54, 1.807) is 0 Å². The van der Waals surface area contributed by atoms with E-state index in [1.165, 1.54) is 5.56 Å². The molecule has 0 aliphatic carbocycles. The summed E-state index contributed by atoms with van der Waals surface area (Å²) in [6.45, 7) is 6.07. The normalized spacial score (nSPS) is 15.7. The van der Waals surface area contributed by atoms with Gasteiger partial charge < -0.3 is 14.7 Å². The van der Waals surface area contributed by atoms with Crippen LogP contribution in [0.25, 0.3) is 11.4 Å². The van der Waals surface area contributed by atoms with Crippen molar-refractivity contribution in [3.63, 3.8) is 0 Å². The van der Waals surface area contributed by atoms with Crippen LogP contribution in [0, 0.1) is 6.92 Å². The highest BCUT2D eigenvalue weighted by Gasteiger charge is 2.27. The third-order valence-electron chi connectivity index (χ3n) is 4.18. The van der Waals surface area contributed by atoms with Gasteiger partial charge in [-0.2, -0.15) is 4.98 Å². The lowest BCUT2D eigenvalue weighted by atomic mass is 9.97. The third-order valence-corrected chi connectivity index (χ3v) is 4.18. The fourth-order valence-corrected chi connectivity index (χ4v) is 2.89. The van der Waals surface area contributed by atoms with E-state index in [0.29, 0.717) is 18.3 Å². The first-order valence-corrected chi connectivity index (χ1v) is 8.10. The van der Waals surface area contributed by atoms with E-state index >= 15 is 0 Å². The van der Waals surface area contributed by atoms with Gasteiger partial charge in [0.1, 0.15) is 0 Å². The molecule has 0 atom stereocenters. The molecule has 6 nitrogen and oxygen atoms in total. The van der Waals surface area contributed by atoms with Crippen molar-refractivity contribution in [1.82, 2.24) is 20.4 Å². The maximum atomic E-state index is 11.8. The van der Waals surface area contributed by atoms with Gasteiger partial charge in [0.25, 0.3) is 0 Å². The SMILES string of the molecule is CCNC(=O)N1CCC(c2nc(-c3cccc(C)c3)no2)CC1. The van der Waals surface area contributed by atoms with Crippen LogP contribution in [0.1, 0.15) is 37.1 Å². The summed E-state index contributed by atoms with van der Waals surface area (Å²) in [5.41, 5.74) is 2.14. The second-order valence-electron chi connectivity index (χ2n) is 5.92. The van der Waals surface area contributed by atoms with Gasteiger partial charge in [-0.25, -0.2) is 4.79 Å². The molecule has 1 aliphatic rings. The lowest BCUT2D eigenvalue weighted by molar-refractivity contribution is 0.176. The van der Waals surface area contributed by atoms with E-state index in [0.717, 1.165) is 31.5 Å². The number of nitrogens with zero attached hydrogens (tertiary/aromatic N) is 3. The van der Waals surface area contributed by atoms with Crippen LogP contribution in [-0.2, 0) is 0 Å². The highest BCUT2D eigenvalue weighted by molar-refractivity contribution is 5.74. The number of hydrogen-bond donors (Lipinski definition) is 1. The molecule has 3 rings (SSSR count). The Bertz CT molecular complexity index is 675. The molecule has 0 bridgehead atoms. The Kier molecular flexibility index (Phi) is 4.60. The molecule has 1 aromatic heterocycles. The van der Waals surface area contributed by atoms with Crippen LogP contribution in [-0.4, -0.2) is 40.7 Å². The number of rotatable bonds is 3. The molecule has 1 N–H and O–H groups in total. The van der Waals surface area contributed by atoms with Crippen molar-refractivity contribution in [1.29, 1.82) is 0 Å². The number of urea groups is 1. The number of aromatic nitrogens is 2. The van der Waals surface area contributed by atoms with Crippen LogP contribution in [0.4, 0.5) is 4.79 Å². The molecule has 1 fully saturated rings. The molecule has 0 spiro atoms. The van der Waals surface area contributed by atoms with Crippen LogP contribution in [0.5, 0.6) is 0 Å². The Morgan fingerprint density at radius 1 is 1.39 bits per heavy atom. The average molecular weight is 314 g/mol. The number of carbonyl (C=O) groups excluding carboxylic acids is 1. The van der Waals surface area contributed by atoms with Crippen molar-refractivity contribution in [2.24, 2.45) is 0 Å². The van der Waals surface area contributed by atoms with Gasteiger partial charge in [-0.15, -0.1) is 0 Å². The molecule has 6 heteroatoms. The average Bonchev–Trinajstić information content (AvgIpc) is 3.05. The van der Waals surface area contributed by atoms with Gasteiger partial charge in [0.05, 0.1) is 0 Å². The first kappa shape index (κ1) is 15.5. The summed E-state index contributed by atoms with van der Waals surface area (Å²) in [5.74, 6) is 1.54. The molecular formula is C17H22N4O2. The Labute approximate surface area is 135 Å². The monoisotopic (exact) mass is 314 g/mol. The van der Waals surface area contributed by atoms with Crippen LogP contribution in [0.2, 0.25) is 0 Å². The predicted octanol–water partition coefficient (Wildman–Crippen LogP) is 2.95. The minimum Gasteiger partial charge on any atom is -0.339 e. The Morgan fingerprint density at radius 2 is 2.17 bits per heavy atom. The van der Waals surface area contributed by atoms with E-state index in [9.17, 15) is 4.79 Å². The van der Waals surface area contributed by atoms with E-state index < -0.39 is 0 Å². The van der Waals surface area contributed by atoms with Gasteiger partial charge in [0.15, 0.2) is 0 Å². The molecule has 0 radical (unpaired) electrons. The standard InChI is InChI=1S/C17H22N4O2/c1-3-18-17(22)21-9-7-13(8-10-21)16-19-15(20-23-16)14-6-4-5-12(2)11-14/h4-6,11,13H,3,7-10H2,1-2H3,(H,18,22). The van der Waals surface area contributed by atoms with Gasteiger partial charge in [-0.05, 0) is 32.8 Å². The smallest absolute Gasteiger partial charge is 0.317 e. The number of aryl methyl sites for hydroxylation is 1. The summed E-state index contributed by atoms with van der Waals surface area (Å²) in [6, 6.07) is 8.08. The van der Waals surface area contributed by atoms with Gasteiger partial charge in [0, 0.05) is 31.1 Å². The number of hydrogen-bond acceptors (Lipinski definition) is 4. The van der Waals surface area contributed by atoms with Crippen LogP contribution >= 0.6 is 0 Å². The summed E-state index contributed by atoms with van der Waals surface area (Å²) < 4.78 is 5.46. The van der Waals surface area contributed by atoms with Crippen molar-refractivity contribution in [3.8, 4) is 11.4 Å². The quantitative estimate of drug-likeness (QED) is 0.945. The zero-order valence-electron chi connectivity index (χ0n) is 13.6. The molecule has 122 valence electrons. The minimum atomic E-state index is 0.0110. The predicted molar refractivity (Wildman–Crippen MR) is 87.1 cm³/mol. The molecule has 2 amide bonds. The second kappa shape index (κ2) is 6.81. The summed E-state index contributed by atoms with van der Waals surface area (Å²) >= 11 is 0. The summed E-state index contributed by atoms with van der Waals surface area (Å²) in [6.07, 6.45) is 1.71. The number of piperidine rings is 1. The van der Waals surface area contributed by atoms with Gasteiger partial charge in [-0.3, -0.25) is 0 Å². The third kappa shape index (κ3) is 3.52. The first-order valence-electron chi connectivity index (χ1n) is 8.10. The summed E-state index contributed by atoms with van der Waals surface area (Å²) in [7, 11) is 0. The molecule has 1 saturated heterocycles. The Morgan fingerprint density at radius 3 is 2.87 bits per heavy atom. The number of carbonyl (C=O) groups is 1. The van der Waals surface area contributed by atoms with Crippen LogP contribution in [0.15, 0.2) is 28.8 Å². The maximum absolute atomic E-state index is 11.8. The molecule has 1 aliphatic heterocycles. The minimum absolute atomic E-state index is 0.0110. The van der Waals surface area contributed by atoms with Crippen molar-refractivity contribution in [2.75, 3.05) is 19.6 Å². The summed E-state index contributed by atoms with van der Waals surface area (Å²) in [4.78, 5) is 18.2. The fraction of sp³-hybridized carbons (Fsp3) is 0.471. The molecule has 1 aromatic carbocycles. The van der Waals surface area contributed by atoms with E-state index in [4.69, 9.17) is 4.52 Å². The van der Waals surface area contributed by atoms with Crippen molar-refractivity contribution >= 4 is 6.03 Å². The van der Waals surface area contributed by atoms with E-state index in [1.807, 2.05) is 43.0 Å². The number of nitrogens with one attached hydrogen (secondary N) is 1. The second-order valence-corrected chi connectivity index (χ2v) is 5.92. The highest BCUT2D eigenvalue weighted by atomic mass is 16.5. The molecule has 2 aromatic rings. The zero-order chi connectivity index (χ0) is 16.2. The Hall–Kier alpha value is -2.37. The lowest BCUT2D eigenvalue weighted by Crippen LogP contribution is -2.44. The van der Waals surface area contributed by atoms with Crippen LogP contribution in [0.3, 0.4) is 0 Å². The number of likely N-dealkylation sites (tertiary alicyclic amines) is 1. The van der Waals surface area contributed by atoms with Gasteiger partial charge in [0.2, 0.25) is 11.7 Å². The lowest BCUT2D eigenvalue weighted by Gasteiger charge is -2.30. The van der Waals surface area contributed by atoms with E-state index in [-0.39, 0.29) is 11.9 Å². The van der Waals surface area contributed by atoms with Crippen molar-refractivity contribution in [2.45, 2.75) is 32.6 Å². The summed E-state index contributed by atoms with van der Waals surface area (Å²) in [5, 5.41) is 6.94. The van der Waals surface area contributed by atoms with Gasteiger partial charge >= 0.3 is 6.03 Å². The fourth-order valence-electron chi connectivity index (χ4n) is 2.89. The first-order chi connectivity index (χ1) is 11.2. The largest absolute Gasteiger partial charge is 0.339 e. The molecule has 2 heterocycles. The van der Waals surface area contributed by atoms with E-state index in [2.05, 4.69) is 15.5 Å². The van der Waals surface area contributed by atoms with Crippen molar-refractivity contribution in [3.05, 3.63) is 35.7 Å². The molecule has 23 heavy (non-hydrogen) atoms.